The van der Waals surface area contributed by atoms with Gasteiger partial charge < -0.3 is 5.73 Å². The molecule has 0 rings (SSSR count). The number of rotatable bonds is 3. The highest BCUT2D eigenvalue weighted by atomic mass is 32.2. The standard InChI is InChI=1S/C9H21NO2S/c1-7(2)8(10)6-13(11,12)9(3,4)5/h7-8H,6,10H2,1-5H3. The van der Waals surface area contributed by atoms with Gasteiger partial charge in [-0.25, -0.2) is 8.42 Å². The average molecular weight is 207 g/mol. The molecule has 0 fully saturated rings. The van der Waals surface area contributed by atoms with Crippen LogP contribution in [0.2, 0.25) is 0 Å². The zero-order chi connectivity index (χ0) is 10.9. The molecule has 0 amide bonds. The number of nitrogens with two attached hydrogens (primary N) is 1. The van der Waals surface area contributed by atoms with Crippen molar-refractivity contribution in [3.63, 3.8) is 0 Å². The molecule has 0 saturated carbocycles. The zero-order valence-corrected chi connectivity index (χ0v) is 9.98. The minimum absolute atomic E-state index is 0.0775. The third-order valence-electron chi connectivity index (χ3n) is 2.20. The van der Waals surface area contributed by atoms with Crippen LogP contribution in [0.1, 0.15) is 34.6 Å². The summed E-state index contributed by atoms with van der Waals surface area (Å²) in [5.74, 6) is 0.283. The van der Waals surface area contributed by atoms with Gasteiger partial charge in [0.05, 0.1) is 10.5 Å². The maximum absolute atomic E-state index is 11.7. The molecule has 1 atom stereocenters. The van der Waals surface area contributed by atoms with Crippen LogP contribution in [-0.2, 0) is 9.84 Å². The lowest BCUT2D eigenvalue weighted by atomic mass is 10.1. The number of sulfone groups is 1. The Hall–Kier alpha value is -0.0900. The monoisotopic (exact) mass is 207 g/mol. The summed E-state index contributed by atoms with van der Waals surface area (Å²) >= 11 is 0. The van der Waals surface area contributed by atoms with Crippen LogP contribution in [0, 0.1) is 5.92 Å². The van der Waals surface area contributed by atoms with Gasteiger partial charge in [-0.2, -0.15) is 0 Å². The molecule has 0 aromatic carbocycles. The van der Waals surface area contributed by atoms with Gasteiger partial charge in [-0.1, -0.05) is 13.8 Å². The Bertz CT molecular complexity index is 249. The van der Waals surface area contributed by atoms with E-state index in [-0.39, 0.29) is 17.7 Å². The molecule has 0 radical (unpaired) electrons. The fourth-order valence-electron chi connectivity index (χ4n) is 0.696. The third kappa shape index (κ3) is 3.65. The van der Waals surface area contributed by atoms with E-state index in [0.717, 1.165) is 0 Å². The molecular formula is C9H21NO2S. The second-order valence-electron chi connectivity index (χ2n) is 4.80. The van der Waals surface area contributed by atoms with E-state index in [1.165, 1.54) is 0 Å². The van der Waals surface area contributed by atoms with Gasteiger partial charge in [-0.3, -0.25) is 0 Å². The Kier molecular flexibility index (Phi) is 3.94. The quantitative estimate of drug-likeness (QED) is 0.756. The summed E-state index contributed by atoms with van der Waals surface area (Å²) in [4.78, 5) is 0. The van der Waals surface area contributed by atoms with Crippen LogP contribution in [0.25, 0.3) is 0 Å². The maximum atomic E-state index is 11.7. The highest BCUT2D eigenvalue weighted by molar-refractivity contribution is 7.92. The highest BCUT2D eigenvalue weighted by Crippen LogP contribution is 2.17. The Morgan fingerprint density at radius 2 is 1.62 bits per heavy atom. The van der Waals surface area contributed by atoms with Crippen LogP contribution >= 0.6 is 0 Å². The Morgan fingerprint density at radius 3 is 1.85 bits per heavy atom. The summed E-state index contributed by atoms with van der Waals surface area (Å²) in [5.41, 5.74) is 5.72. The molecule has 0 aliphatic carbocycles. The molecule has 1 unspecified atom stereocenters. The molecule has 0 saturated heterocycles. The molecular weight excluding hydrogens is 186 g/mol. The van der Waals surface area contributed by atoms with Gasteiger partial charge in [0.15, 0.2) is 9.84 Å². The molecule has 4 heteroatoms. The number of hydrogen-bond acceptors (Lipinski definition) is 3. The van der Waals surface area contributed by atoms with E-state index in [0.29, 0.717) is 0 Å². The van der Waals surface area contributed by atoms with Gasteiger partial charge in [0.1, 0.15) is 0 Å². The van der Waals surface area contributed by atoms with Crippen molar-refractivity contribution >= 4 is 9.84 Å². The van der Waals surface area contributed by atoms with Crippen molar-refractivity contribution in [2.24, 2.45) is 11.7 Å². The predicted octanol–water partition coefficient (Wildman–Crippen LogP) is 1.18. The average Bonchev–Trinajstić information content (AvgIpc) is 1.83. The molecule has 0 heterocycles. The van der Waals surface area contributed by atoms with Crippen LogP contribution in [0.4, 0.5) is 0 Å². The highest BCUT2D eigenvalue weighted by Gasteiger charge is 2.31. The fourth-order valence-corrected chi connectivity index (χ4v) is 2.09. The van der Waals surface area contributed by atoms with Crippen molar-refractivity contribution in [2.45, 2.75) is 45.4 Å². The Labute approximate surface area is 81.6 Å². The number of hydrogen-bond donors (Lipinski definition) is 1. The molecule has 80 valence electrons. The van der Waals surface area contributed by atoms with Crippen LogP contribution in [-0.4, -0.2) is 25.0 Å². The van der Waals surface area contributed by atoms with Gasteiger partial charge in [0, 0.05) is 6.04 Å². The molecule has 0 bridgehead atoms. The molecule has 13 heavy (non-hydrogen) atoms. The van der Waals surface area contributed by atoms with E-state index in [1.807, 2.05) is 13.8 Å². The molecule has 0 spiro atoms. The van der Waals surface area contributed by atoms with Gasteiger partial charge >= 0.3 is 0 Å². The van der Waals surface area contributed by atoms with Gasteiger partial charge in [0.2, 0.25) is 0 Å². The molecule has 0 aromatic heterocycles. The SMILES string of the molecule is CC(C)C(N)CS(=O)(=O)C(C)(C)C. The molecule has 0 aliphatic heterocycles. The van der Waals surface area contributed by atoms with E-state index in [4.69, 9.17) is 5.73 Å². The Morgan fingerprint density at radius 1 is 1.23 bits per heavy atom. The summed E-state index contributed by atoms with van der Waals surface area (Å²) in [7, 11) is -3.07. The molecule has 3 nitrogen and oxygen atoms in total. The van der Waals surface area contributed by atoms with E-state index in [9.17, 15) is 8.42 Å². The topological polar surface area (TPSA) is 60.2 Å². The van der Waals surface area contributed by atoms with E-state index >= 15 is 0 Å². The summed E-state index contributed by atoms with van der Waals surface area (Å²) in [5, 5.41) is 0. The summed E-state index contributed by atoms with van der Waals surface area (Å²) in [6.45, 7) is 8.98. The second-order valence-corrected chi connectivity index (χ2v) is 7.59. The first kappa shape index (κ1) is 12.9. The predicted molar refractivity (Wildman–Crippen MR) is 56.4 cm³/mol. The second kappa shape index (κ2) is 3.96. The van der Waals surface area contributed by atoms with Crippen LogP contribution in [0.3, 0.4) is 0 Å². The van der Waals surface area contributed by atoms with Crippen molar-refractivity contribution in [3.05, 3.63) is 0 Å². The fraction of sp³-hybridized carbons (Fsp3) is 1.00. The zero-order valence-electron chi connectivity index (χ0n) is 9.16. The minimum Gasteiger partial charge on any atom is -0.327 e. The Balaban J connectivity index is 4.55. The smallest absolute Gasteiger partial charge is 0.156 e. The summed E-state index contributed by atoms with van der Waals surface area (Å²) < 4.78 is 22.7. The van der Waals surface area contributed by atoms with Crippen molar-refractivity contribution in [2.75, 3.05) is 5.75 Å². The van der Waals surface area contributed by atoms with Gasteiger partial charge in [-0.15, -0.1) is 0 Å². The maximum Gasteiger partial charge on any atom is 0.156 e. The lowest BCUT2D eigenvalue weighted by Gasteiger charge is -2.23. The van der Waals surface area contributed by atoms with Crippen molar-refractivity contribution < 1.29 is 8.42 Å². The first-order valence-electron chi connectivity index (χ1n) is 4.56. The van der Waals surface area contributed by atoms with Crippen LogP contribution in [0.15, 0.2) is 0 Å². The lowest BCUT2D eigenvalue weighted by Crippen LogP contribution is -2.41. The van der Waals surface area contributed by atoms with Crippen LogP contribution < -0.4 is 5.73 Å². The summed E-state index contributed by atoms with van der Waals surface area (Å²) in [6, 6.07) is -0.260. The van der Waals surface area contributed by atoms with E-state index < -0.39 is 14.6 Å². The van der Waals surface area contributed by atoms with E-state index in [2.05, 4.69) is 0 Å². The van der Waals surface area contributed by atoms with Gasteiger partial charge in [0.25, 0.3) is 0 Å². The van der Waals surface area contributed by atoms with Crippen molar-refractivity contribution in [1.29, 1.82) is 0 Å². The summed E-state index contributed by atoms with van der Waals surface area (Å²) in [6.07, 6.45) is 0. The van der Waals surface area contributed by atoms with Gasteiger partial charge in [-0.05, 0) is 26.7 Å². The van der Waals surface area contributed by atoms with E-state index in [1.54, 1.807) is 20.8 Å². The van der Waals surface area contributed by atoms with Crippen LogP contribution in [0.5, 0.6) is 0 Å². The lowest BCUT2D eigenvalue weighted by molar-refractivity contribution is 0.504. The van der Waals surface area contributed by atoms with Crippen molar-refractivity contribution in [1.82, 2.24) is 0 Å². The molecule has 2 N–H and O–H groups in total. The van der Waals surface area contributed by atoms with Crippen molar-refractivity contribution in [3.8, 4) is 0 Å². The largest absolute Gasteiger partial charge is 0.327 e. The first-order valence-corrected chi connectivity index (χ1v) is 6.21. The third-order valence-corrected chi connectivity index (χ3v) is 4.89. The first-order chi connectivity index (χ1) is 5.58. The molecule has 0 aliphatic rings. The minimum atomic E-state index is -3.07. The molecule has 0 aromatic rings. The normalized spacial score (nSPS) is 16.2.